The summed E-state index contributed by atoms with van der Waals surface area (Å²) in [6, 6.07) is 5.15. The van der Waals surface area contributed by atoms with Crippen LogP contribution in [0.5, 0.6) is 0 Å². The molecule has 30 heavy (non-hydrogen) atoms. The van der Waals surface area contributed by atoms with Gasteiger partial charge in [-0.15, -0.1) is 11.3 Å². The van der Waals surface area contributed by atoms with E-state index in [1.165, 1.54) is 11.3 Å². The maximum absolute atomic E-state index is 12.9. The van der Waals surface area contributed by atoms with Gasteiger partial charge in [-0.3, -0.25) is 4.79 Å². The van der Waals surface area contributed by atoms with Crippen LogP contribution < -0.4 is 21.3 Å². The van der Waals surface area contributed by atoms with Gasteiger partial charge in [0.25, 0.3) is 0 Å². The van der Waals surface area contributed by atoms with E-state index in [0.717, 1.165) is 55.7 Å². The number of aromatic nitrogens is 4. The van der Waals surface area contributed by atoms with Crippen molar-refractivity contribution in [2.75, 3.05) is 27.8 Å². The number of anilines is 5. The Labute approximate surface area is 177 Å². The first-order valence-corrected chi connectivity index (χ1v) is 10.9. The standard InChI is InChI=1S/C20H22N8OS/c21-15-7-2-8-16(24-15)25-17-12-4-1-5-13(12)23-19(26-17)28-10-3-6-14(28)18(29)27-20-22-9-11-30-20/h2,7-9,11,14H,1,3-6,10H2,(H,22,27,29)(H3,21,23,24,25,26)/t14-/m1/s1. The second-order valence-corrected chi connectivity index (χ2v) is 8.30. The van der Waals surface area contributed by atoms with E-state index in [0.29, 0.717) is 22.7 Å². The SMILES string of the molecule is Nc1cccc(Nc2nc(N3CCC[C@@H]3C(=O)Nc3nccs3)nc3c2CCC3)n1. The monoisotopic (exact) mass is 422 g/mol. The molecule has 9 nitrogen and oxygen atoms in total. The van der Waals surface area contributed by atoms with Crippen LogP contribution in [0, 0.1) is 0 Å². The molecule has 0 bridgehead atoms. The maximum Gasteiger partial charge on any atom is 0.248 e. The third-order valence-corrected chi connectivity index (χ3v) is 6.10. The average molecular weight is 423 g/mol. The fraction of sp³-hybridized carbons (Fsp3) is 0.350. The van der Waals surface area contributed by atoms with Crippen LogP contribution in [0.15, 0.2) is 29.8 Å². The number of nitrogens with zero attached hydrogens (tertiary/aromatic N) is 5. The number of rotatable bonds is 5. The number of pyridine rings is 1. The van der Waals surface area contributed by atoms with Crippen LogP contribution in [-0.4, -0.2) is 38.4 Å². The van der Waals surface area contributed by atoms with Crippen molar-refractivity contribution in [1.29, 1.82) is 0 Å². The van der Waals surface area contributed by atoms with E-state index in [9.17, 15) is 4.79 Å². The van der Waals surface area contributed by atoms with Crippen molar-refractivity contribution < 1.29 is 4.79 Å². The fourth-order valence-electron chi connectivity index (χ4n) is 4.05. The van der Waals surface area contributed by atoms with Crippen LogP contribution in [0.3, 0.4) is 0 Å². The molecule has 0 spiro atoms. The van der Waals surface area contributed by atoms with Crippen LogP contribution in [0.25, 0.3) is 0 Å². The number of carbonyl (C=O) groups is 1. The molecule has 1 amide bonds. The second-order valence-electron chi connectivity index (χ2n) is 7.40. The van der Waals surface area contributed by atoms with E-state index in [2.05, 4.69) is 20.6 Å². The number of thiazole rings is 1. The number of hydrogen-bond acceptors (Lipinski definition) is 9. The van der Waals surface area contributed by atoms with E-state index < -0.39 is 0 Å². The van der Waals surface area contributed by atoms with E-state index in [1.54, 1.807) is 12.3 Å². The number of amides is 1. The number of nitrogens with two attached hydrogens (primary N) is 1. The molecule has 4 N–H and O–H groups in total. The van der Waals surface area contributed by atoms with E-state index in [1.807, 2.05) is 22.4 Å². The van der Waals surface area contributed by atoms with Crippen molar-refractivity contribution in [3.63, 3.8) is 0 Å². The third-order valence-electron chi connectivity index (χ3n) is 5.41. The zero-order valence-electron chi connectivity index (χ0n) is 16.3. The van der Waals surface area contributed by atoms with Gasteiger partial charge in [-0.05, 0) is 44.2 Å². The van der Waals surface area contributed by atoms with Gasteiger partial charge in [-0.1, -0.05) is 6.07 Å². The lowest BCUT2D eigenvalue weighted by Gasteiger charge is -2.25. The van der Waals surface area contributed by atoms with E-state index in [4.69, 9.17) is 15.7 Å². The Morgan fingerprint density at radius 1 is 1.20 bits per heavy atom. The first-order chi connectivity index (χ1) is 14.7. The smallest absolute Gasteiger partial charge is 0.248 e. The summed E-state index contributed by atoms with van der Waals surface area (Å²) in [6.45, 7) is 0.741. The molecule has 1 atom stereocenters. The summed E-state index contributed by atoms with van der Waals surface area (Å²) in [5.41, 5.74) is 7.98. The van der Waals surface area contributed by atoms with Crippen molar-refractivity contribution in [1.82, 2.24) is 19.9 Å². The van der Waals surface area contributed by atoms with Crippen LogP contribution in [0.2, 0.25) is 0 Å². The normalized spacial score (nSPS) is 17.7. The third kappa shape index (κ3) is 3.65. The van der Waals surface area contributed by atoms with Gasteiger partial charge in [0.1, 0.15) is 23.5 Å². The zero-order chi connectivity index (χ0) is 20.5. The molecular formula is C20H22N8OS. The summed E-state index contributed by atoms with van der Waals surface area (Å²) in [5, 5.41) is 8.67. The van der Waals surface area contributed by atoms with Gasteiger partial charge in [0.05, 0.1) is 5.69 Å². The molecule has 5 rings (SSSR count). The van der Waals surface area contributed by atoms with E-state index >= 15 is 0 Å². The predicted octanol–water partition coefficient (Wildman–Crippen LogP) is 2.75. The van der Waals surface area contributed by atoms with Gasteiger partial charge >= 0.3 is 0 Å². The Balaban J connectivity index is 1.44. The number of nitrogens with one attached hydrogen (secondary N) is 2. The Kier molecular flexibility index (Phi) is 4.91. The molecule has 0 radical (unpaired) electrons. The van der Waals surface area contributed by atoms with Crippen LogP contribution in [0.4, 0.5) is 28.5 Å². The van der Waals surface area contributed by atoms with Gasteiger partial charge in [-0.2, -0.15) is 4.98 Å². The highest BCUT2D eigenvalue weighted by Gasteiger charge is 2.34. The molecule has 4 heterocycles. The first kappa shape index (κ1) is 18.7. The minimum absolute atomic E-state index is 0.0708. The van der Waals surface area contributed by atoms with Gasteiger partial charge in [0, 0.05) is 23.7 Å². The highest BCUT2D eigenvalue weighted by Crippen LogP contribution is 2.32. The lowest BCUT2D eigenvalue weighted by molar-refractivity contribution is -0.117. The molecule has 1 aliphatic carbocycles. The van der Waals surface area contributed by atoms with Crippen molar-refractivity contribution >= 4 is 45.8 Å². The number of aryl methyl sites for hydroxylation is 1. The van der Waals surface area contributed by atoms with Crippen molar-refractivity contribution in [2.24, 2.45) is 0 Å². The Morgan fingerprint density at radius 2 is 2.13 bits per heavy atom. The highest BCUT2D eigenvalue weighted by atomic mass is 32.1. The Morgan fingerprint density at radius 3 is 2.97 bits per heavy atom. The molecule has 3 aromatic heterocycles. The summed E-state index contributed by atoms with van der Waals surface area (Å²) in [4.78, 5) is 33.0. The number of hydrogen-bond donors (Lipinski definition) is 3. The van der Waals surface area contributed by atoms with Gasteiger partial charge in [0.2, 0.25) is 11.9 Å². The minimum Gasteiger partial charge on any atom is -0.384 e. The fourth-order valence-corrected chi connectivity index (χ4v) is 4.58. The molecule has 0 saturated carbocycles. The van der Waals surface area contributed by atoms with Crippen LogP contribution >= 0.6 is 11.3 Å². The summed E-state index contributed by atoms with van der Waals surface area (Å²) in [7, 11) is 0. The molecule has 2 aliphatic rings. The first-order valence-electron chi connectivity index (χ1n) is 10.0. The highest BCUT2D eigenvalue weighted by molar-refractivity contribution is 7.13. The average Bonchev–Trinajstić information content (AvgIpc) is 3.49. The number of nitrogen functional groups attached to an aromatic ring is 1. The van der Waals surface area contributed by atoms with Crippen molar-refractivity contribution in [2.45, 2.75) is 38.1 Å². The molecule has 3 aromatic rings. The zero-order valence-corrected chi connectivity index (χ0v) is 17.2. The number of fused-ring (bicyclic) bond motifs is 1. The molecular weight excluding hydrogens is 400 g/mol. The van der Waals surface area contributed by atoms with E-state index in [-0.39, 0.29) is 11.9 Å². The summed E-state index contributed by atoms with van der Waals surface area (Å²) < 4.78 is 0. The number of carbonyl (C=O) groups excluding carboxylic acids is 1. The van der Waals surface area contributed by atoms with Crippen molar-refractivity contribution in [3.8, 4) is 0 Å². The van der Waals surface area contributed by atoms with Crippen LogP contribution in [-0.2, 0) is 17.6 Å². The van der Waals surface area contributed by atoms with Gasteiger partial charge in [-0.25, -0.2) is 15.0 Å². The predicted molar refractivity (Wildman–Crippen MR) is 117 cm³/mol. The quantitative estimate of drug-likeness (QED) is 0.574. The van der Waals surface area contributed by atoms with Gasteiger partial charge in [0.15, 0.2) is 5.13 Å². The molecule has 0 unspecified atom stereocenters. The largest absolute Gasteiger partial charge is 0.384 e. The summed E-state index contributed by atoms with van der Waals surface area (Å²) in [6.07, 6.45) is 6.23. The molecule has 154 valence electrons. The topological polar surface area (TPSA) is 122 Å². The molecule has 1 aliphatic heterocycles. The minimum atomic E-state index is -0.313. The van der Waals surface area contributed by atoms with Crippen LogP contribution in [0.1, 0.15) is 30.5 Å². The molecule has 0 aromatic carbocycles. The lowest BCUT2D eigenvalue weighted by Crippen LogP contribution is -2.40. The van der Waals surface area contributed by atoms with Gasteiger partial charge < -0.3 is 21.3 Å². The Hall–Kier alpha value is -3.27. The van der Waals surface area contributed by atoms with Crippen molar-refractivity contribution in [3.05, 3.63) is 41.0 Å². The summed E-state index contributed by atoms with van der Waals surface area (Å²) in [5.74, 6) is 2.35. The summed E-state index contributed by atoms with van der Waals surface area (Å²) >= 11 is 1.41. The molecule has 1 saturated heterocycles. The molecule has 10 heteroatoms. The molecule has 1 fully saturated rings. The second kappa shape index (κ2) is 7.86. The lowest BCUT2D eigenvalue weighted by atomic mass is 10.2. The Bertz CT molecular complexity index is 1070. The maximum atomic E-state index is 12.9.